The Kier molecular flexibility index (Phi) is 5.67. The largest absolute Gasteiger partial charge is 0.297 e. The van der Waals surface area contributed by atoms with Gasteiger partial charge in [0.1, 0.15) is 0 Å². The molecule has 0 aliphatic rings. The van der Waals surface area contributed by atoms with E-state index < -0.39 is 6.43 Å². The van der Waals surface area contributed by atoms with Gasteiger partial charge in [0.05, 0.1) is 13.0 Å². The highest BCUT2D eigenvalue weighted by Gasteiger charge is 2.11. The lowest BCUT2D eigenvalue weighted by molar-refractivity contribution is -0.120. The van der Waals surface area contributed by atoms with Gasteiger partial charge in [-0.1, -0.05) is 24.3 Å². The van der Waals surface area contributed by atoms with Gasteiger partial charge in [-0.2, -0.15) is 0 Å². The van der Waals surface area contributed by atoms with E-state index in [-0.39, 0.29) is 18.9 Å². The van der Waals surface area contributed by atoms with Crippen molar-refractivity contribution in [3.63, 3.8) is 0 Å². The number of hydrogen-bond acceptors (Lipinski definition) is 3. The minimum atomic E-state index is -2.37. The van der Waals surface area contributed by atoms with Crippen LogP contribution in [-0.2, 0) is 17.8 Å². The number of alkyl halides is 2. The smallest absolute Gasteiger partial charge is 0.251 e. The molecule has 0 spiro atoms. The molecule has 1 amide bonds. The van der Waals surface area contributed by atoms with Crippen molar-refractivity contribution in [1.29, 1.82) is 0 Å². The molecule has 0 saturated heterocycles. The molecule has 0 aromatic heterocycles. The Morgan fingerprint density at radius 3 is 2.56 bits per heavy atom. The second-order valence-corrected chi connectivity index (χ2v) is 4.10. The SMILES string of the molecule is CN(Cc1ccccc1CC(=O)NN)CC(F)F. The minimum Gasteiger partial charge on any atom is -0.297 e. The molecule has 1 aromatic rings. The second kappa shape index (κ2) is 7.03. The van der Waals surface area contributed by atoms with Crippen molar-refractivity contribution in [1.82, 2.24) is 10.3 Å². The van der Waals surface area contributed by atoms with E-state index in [9.17, 15) is 13.6 Å². The molecule has 0 bridgehead atoms. The fourth-order valence-electron chi connectivity index (χ4n) is 1.70. The molecule has 0 unspecified atom stereocenters. The van der Waals surface area contributed by atoms with Gasteiger partial charge < -0.3 is 0 Å². The van der Waals surface area contributed by atoms with Crippen molar-refractivity contribution in [3.8, 4) is 0 Å². The molecule has 0 heterocycles. The van der Waals surface area contributed by atoms with Crippen molar-refractivity contribution in [2.75, 3.05) is 13.6 Å². The predicted molar refractivity (Wildman–Crippen MR) is 64.8 cm³/mol. The zero-order chi connectivity index (χ0) is 13.5. The molecule has 18 heavy (non-hydrogen) atoms. The normalized spacial score (nSPS) is 11.0. The Labute approximate surface area is 105 Å². The zero-order valence-electron chi connectivity index (χ0n) is 10.2. The number of carbonyl (C=O) groups excluding carboxylic acids is 1. The van der Waals surface area contributed by atoms with E-state index in [1.165, 1.54) is 4.90 Å². The van der Waals surface area contributed by atoms with Crippen LogP contribution in [0.2, 0.25) is 0 Å². The lowest BCUT2D eigenvalue weighted by Crippen LogP contribution is -2.32. The van der Waals surface area contributed by atoms with Gasteiger partial charge in [0, 0.05) is 6.54 Å². The van der Waals surface area contributed by atoms with Crippen molar-refractivity contribution >= 4 is 5.91 Å². The zero-order valence-corrected chi connectivity index (χ0v) is 10.2. The fourth-order valence-corrected chi connectivity index (χ4v) is 1.70. The topological polar surface area (TPSA) is 58.4 Å². The third-order valence-corrected chi connectivity index (χ3v) is 2.52. The third kappa shape index (κ3) is 4.77. The number of rotatable bonds is 6. The first-order chi connectivity index (χ1) is 8.52. The number of hydrazine groups is 1. The molecule has 6 heteroatoms. The molecule has 0 radical (unpaired) electrons. The Balaban J connectivity index is 2.72. The van der Waals surface area contributed by atoms with Crippen molar-refractivity contribution in [3.05, 3.63) is 35.4 Å². The van der Waals surface area contributed by atoms with Crippen LogP contribution >= 0.6 is 0 Å². The summed E-state index contributed by atoms with van der Waals surface area (Å²) in [6, 6.07) is 7.23. The van der Waals surface area contributed by atoms with Gasteiger partial charge in [-0.25, -0.2) is 14.6 Å². The van der Waals surface area contributed by atoms with E-state index in [0.29, 0.717) is 6.54 Å². The van der Waals surface area contributed by atoms with Gasteiger partial charge >= 0.3 is 0 Å². The van der Waals surface area contributed by atoms with Crippen LogP contribution in [0, 0.1) is 0 Å². The van der Waals surface area contributed by atoms with E-state index in [4.69, 9.17) is 5.84 Å². The number of halogens is 2. The second-order valence-electron chi connectivity index (χ2n) is 4.10. The van der Waals surface area contributed by atoms with Crippen LogP contribution in [0.4, 0.5) is 8.78 Å². The van der Waals surface area contributed by atoms with Crippen LogP contribution < -0.4 is 11.3 Å². The predicted octanol–water partition coefficient (Wildman–Crippen LogP) is 0.916. The summed E-state index contributed by atoms with van der Waals surface area (Å²) in [5.74, 6) is 4.72. The number of amides is 1. The van der Waals surface area contributed by atoms with Crippen LogP contribution in [0.15, 0.2) is 24.3 Å². The van der Waals surface area contributed by atoms with E-state index in [2.05, 4.69) is 5.43 Å². The molecule has 0 fully saturated rings. The average Bonchev–Trinajstić information content (AvgIpc) is 2.30. The molecule has 0 aliphatic heterocycles. The highest BCUT2D eigenvalue weighted by Crippen LogP contribution is 2.12. The molecule has 1 aromatic carbocycles. The molecule has 100 valence electrons. The summed E-state index contributed by atoms with van der Waals surface area (Å²) >= 11 is 0. The molecule has 1 rings (SSSR count). The minimum absolute atomic E-state index is 0.148. The molecular weight excluding hydrogens is 240 g/mol. The number of nitrogens with zero attached hydrogens (tertiary/aromatic N) is 1. The van der Waals surface area contributed by atoms with Crippen molar-refractivity contribution in [2.45, 2.75) is 19.4 Å². The first-order valence-corrected chi connectivity index (χ1v) is 5.56. The fraction of sp³-hybridized carbons (Fsp3) is 0.417. The summed E-state index contributed by atoms with van der Waals surface area (Å²) in [4.78, 5) is 12.7. The summed E-state index contributed by atoms with van der Waals surface area (Å²) in [6.45, 7) is 0.0792. The van der Waals surface area contributed by atoms with E-state index in [0.717, 1.165) is 11.1 Å². The highest BCUT2D eigenvalue weighted by molar-refractivity contribution is 5.78. The Morgan fingerprint density at radius 1 is 1.39 bits per heavy atom. The van der Waals surface area contributed by atoms with E-state index >= 15 is 0 Å². The third-order valence-electron chi connectivity index (χ3n) is 2.52. The van der Waals surface area contributed by atoms with Gasteiger partial charge in [0.15, 0.2) is 0 Å². The van der Waals surface area contributed by atoms with Gasteiger partial charge in [-0.3, -0.25) is 15.1 Å². The maximum atomic E-state index is 12.2. The summed E-state index contributed by atoms with van der Waals surface area (Å²) in [5.41, 5.74) is 3.70. The monoisotopic (exact) mass is 257 g/mol. The lowest BCUT2D eigenvalue weighted by atomic mass is 10.0. The number of nitrogens with two attached hydrogens (primary N) is 1. The van der Waals surface area contributed by atoms with Gasteiger partial charge in [-0.15, -0.1) is 0 Å². The van der Waals surface area contributed by atoms with E-state index in [1.807, 2.05) is 12.1 Å². The van der Waals surface area contributed by atoms with Crippen LogP contribution in [0.1, 0.15) is 11.1 Å². The summed E-state index contributed by atoms with van der Waals surface area (Å²) in [6.07, 6.45) is -2.22. The molecule has 4 nitrogen and oxygen atoms in total. The molecule has 0 saturated carbocycles. The number of carbonyl (C=O) groups is 1. The van der Waals surface area contributed by atoms with Gasteiger partial charge in [0.2, 0.25) is 5.91 Å². The molecule has 0 atom stereocenters. The van der Waals surface area contributed by atoms with Crippen molar-refractivity contribution < 1.29 is 13.6 Å². The van der Waals surface area contributed by atoms with Crippen molar-refractivity contribution in [2.24, 2.45) is 5.84 Å². The van der Waals surface area contributed by atoms with Gasteiger partial charge in [-0.05, 0) is 18.2 Å². The van der Waals surface area contributed by atoms with Crippen LogP contribution in [0.3, 0.4) is 0 Å². The molecular formula is C12H17F2N3O. The average molecular weight is 257 g/mol. The summed E-state index contributed by atoms with van der Waals surface area (Å²) in [7, 11) is 1.62. The Bertz CT molecular complexity index is 399. The lowest BCUT2D eigenvalue weighted by Gasteiger charge is -2.18. The number of nitrogens with one attached hydrogen (secondary N) is 1. The van der Waals surface area contributed by atoms with Crippen LogP contribution in [0.25, 0.3) is 0 Å². The Morgan fingerprint density at radius 2 is 2.00 bits per heavy atom. The Hall–Kier alpha value is -1.53. The van der Waals surface area contributed by atoms with Crippen LogP contribution in [-0.4, -0.2) is 30.8 Å². The maximum Gasteiger partial charge on any atom is 0.251 e. The first kappa shape index (κ1) is 14.5. The number of benzene rings is 1. The van der Waals surface area contributed by atoms with Gasteiger partial charge in [0.25, 0.3) is 6.43 Å². The standard InChI is InChI=1S/C12H17F2N3O/c1-17(8-11(13)14)7-10-5-3-2-4-9(10)6-12(18)16-15/h2-5,11H,6-8,15H2,1H3,(H,16,18). The quantitative estimate of drug-likeness (QED) is 0.452. The first-order valence-electron chi connectivity index (χ1n) is 5.56. The van der Waals surface area contributed by atoms with E-state index in [1.54, 1.807) is 19.2 Å². The van der Waals surface area contributed by atoms with Crippen LogP contribution in [0.5, 0.6) is 0 Å². The maximum absolute atomic E-state index is 12.2. The summed E-state index contributed by atoms with van der Waals surface area (Å²) in [5, 5.41) is 0. The number of hydrogen-bond donors (Lipinski definition) is 2. The molecule has 0 aliphatic carbocycles. The molecule has 3 N–H and O–H groups in total. The highest BCUT2D eigenvalue weighted by atomic mass is 19.3. The summed E-state index contributed by atoms with van der Waals surface area (Å²) < 4.78 is 24.5.